The average molecular weight is 311 g/mol. The number of carbonyl (C=O) groups is 1. The lowest BCUT2D eigenvalue weighted by atomic mass is 9.71. The summed E-state index contributed by atoms with van der Waals surface area (Å²) in [4.78, 5) is 12.8. The number of nitrogens with one attached hydrogen (secondary N) is 1. The minimum atomic E-state index is -0.271. The minimum absolute atomic E-state index is 0.135. The van der Waals surface area contributed by atoms with Crippen molar-refractivity contribution in [2.24, 2.45) is 0 Å². The lowest BCUT2D eigenvalue weighted by Crippen LogP contribution is -2.50. The van der Waals surface area contributed by atoms with Gasteiger partial charge in [-0.15, -0.1) is 0 Å². The first-order chi connectivity index (χ1) is 11.2. The van der Waals surface area contributed by atoms with Gasteiger partial charge in [-0.1, -0.05) is 36.4 Å². The fourth-order valence-electron chi connectivity index (χ4n) is 3.12. The number of carbonyl (C=O) groups excluding carboxylic acids is 1. The Morgan fingerprint density at radius 1 is 1.00 bits per heavy atom. The van der Waals surface area contributed by atoms with E-state index in [1.807, 2.05) is 18.2 Å². The van der Waals surface area contributed by atoms with Crippen LogP contribution in [0, 0.1) is 0 Å². The van der Waals surface area contributed by atoms with Gasteiger partial charge in [-0.3, -0.25) is 4.79 Å². The van der Waals surface area contributed by atoms with E-state index in [0.29, 0.717) is 17.1 Å². The molecule has 0 heterocycles. The molecule has 4 nitrogen and oxygen atoms in total. The van der Waals surface area contributed by atoms with Crippen molar-refractivity contribution in [2.75, 3.05) is 14.2 Å². The summed E-state index contributed by atoms with van der Waals surface area (Å²) in [6, 6.07) is 15.5. The van der Waals surface area contributed by atoms with Crippen molar-refractivity contribution in [3.05, 3.63) is 59.7 Å². The van der Waals surface area contributed by atoms with E-state index in [4.69, 9.17) is 9.47 Å². The molecule has 1 aliphatic rings. The van der Waals surface area contributed by atoms with Crippen LogP contribution in [0.25, 0.3) is 0 Å². The lowest BCUT2D eigenvalue weighted by Gasteiger charge is -2.43. The second-order valence-corrected chi connectivity index (χ2v) is 5.80. The van der Waals surface area contributed by atoms with E-state index in [2.05, 4.69) is 17.4 Å². The molecular weight excluding hydrogens is 290 g/mol. The van der Waals surface area contributed by atoms with Crippen LogP contribution < -0.4 is 14.8 Å². The van der Waals surface area contributed by atoms with Crippen LogP contribution in [0.4, 0.5) is 0 Å². The maximum atomic E-state index is 12.8. The van der Waals surface area contributed by atoms with E-state index in [1.165, 1.54) is 0 Å². The van der Waals surface area contributed by atoms with Gasteiger partial charge in [0.1, 0.15) is 0 Å². The monoisotopic (exact) mass is 311 g/mol. The predicted molar refractivity (Wildman–Crippen MR) is 89.0 cm³/mol. The molecule has 1 saturated carbocycles. The molecule has 2 aromatic carbocycles. The highest BCUT2D eigenvalue weighted by molar-refractivity contribution is 5.98. The van der Waals surface area contributed by atoms with Crippen molar-refractivity contribution >= 4 is 5.91 Å². The van der Waals surface area contributed by atoms with E-state index in [9.17, 15) is 4.79 Å². The van der Waals surface area contributed by atoms with Gasteiger partial charge in [0.2, 0.25) is 0 Å². The molecule has 0 aliphatic heterocycles. The molecule has 1 N–H and O–H groups in total. The maximum Gasteiger partial charge on any atom is 0.255 e. The molecule has 0 spiro atoms. The highest BCUT2D eigenvalue weighted by Gasteiger charge is 2.40. The SMILES string of the molecule is COc1cccc(C(=O)NC2(c3ccccc3)CCC2)c1OC. The van der Waals surface area contributed by atoms with Crippen molar-refractivity contribution < 1.29 is 14.3 Å². The van der Waals surface area contributed by atoms with Gasteiger partial charge in [0.25, 0.3) is 5.91 Å². The number of benzene rings is 2. The summed E-state index contributed by atoms with van der Waals surface area (Å²) in [5, 5.41) is 3.21. The van der Waals surface area contributed by atoms with E-state index < -0.39 is 0 Å². The molecule has 1 aliphatic carbocycles. The Balaban J connectivity index is 1.90. The Kier molecular flexibility index (Phi) is 4.24. The second-order valence-electron chi connectivity index (χ2n) is 5.80. The smallest absolute Gasteiger partial charge is 0.255 e. The van der Waals surface area contributed by atoms with Crippen molar-refractivity contribution in [3.8, 4) is 11.5 Å². The maximum absolute atomic E-state index is 12.8. The summed E-state index contributed by atoms with van der Waals surface area (Å²) in [6.07, 6.45) is 3.02. The summed E-state index contributed by atoms with van der Waals surface area (Å²) < 4.78 is 10.7. The lowest BCUT2D eigenvalue weighted by molar-refractivity contribution is 0.0819. The zero-order chi connectivity index (χ0) is 16.3. The molecule has 4 heteroatoms. The van der Waals surface area contributed by atoms with Gasteiger partial charge < -0.3 is 14.8 Å². The van der Waals surface area contributed by atoms with Crippen LogP contribution in [0.5, 0.6) is 11.5 Å². The molecule has 0 radical (unpaired) electrons. The minimum Gasteiger partial charge on any atom is -0.493 e. The van der Waals surface area contributed by atoms with Gasteiger partial charge in [0.05, 0.1) is 25.3 Å². The van der Waals surface area contributed by atoms with Gasteiger partial charge in [0.15, 0.2) is 11.5 Å². The van der Waals surface area contributed by atoms with Crippen molar-refractivity contribution in [1.29, 1.82) is 0 Å². The third-order valence-corrected chi connectivity index (χ3v) is 4.53. The summed E-state index contributed by atoms with van der Waals surface area (Å²) in [6.45, 7) is 0. The topological polar surface area (TPSA) is 47.6 Å². The highest BCUT2D eigenvalue weighted by Crippen LogP contribution is 2.42. The Hall–Kier alpha value is -2.49. The number of ether oxygens (including phenoxy) is 2. The van der Waals surface area contributed by atoms with E-state index in [-0.39, 0.29) is 11.4 Å². The largest absolute Gasteiger partial charge is 0.493 e. The molecule has 1 amide bonds. The molecule has 0 saturated heterocycles. The van der Waals surface area contributed by atoms with Gasteiger partial charge in [-0.05, 0) is 37.0 Å². The van der Waals surface area contributed by atoms with Gasteiger partial charge in [-0.2, -0.15) is 0 Å². The molecule has 2 aromatic rings. The van der Waals surface area contributed by atoms with Crippen molar-refractivity contribution in [1.82, 2.24) is 5.32 Å². The van der Waals surface area contributed by atoms with Gasteiger partial charge in [0, 0.05) is 0 Å². The van der Waals surface area contributed by atoms with Crippen LogP contribution in [-0.4, -0.2) is 20.1 Å². The molecule has 0 aromatic heterocycles. The van der Waals surface area contributed by atoms with Gasteiger partial charge >= 0.3 is 0 Å². The van der Waals surface area contributed by atoms with Gasteiger partial charge in [-0.25, -0.2) is 0 Å². The van der Waals surface area contributed by atoms with Crippen molar-refractivity contribution in [3.63, 3.8) is 0 Å². The highest BCUT2D eigenvalue weighted by atomic mass is 16.5. The molecule has 0 bridgehead atoms. The van der Waals surface area contributed by atoms with Crippen LogP contribution in [0.3, 0.4) is 0 Å². The predicted octanol–water partition coefficient (Wildman–Crippen LogP) is 3.51. The van der Waals surface area contributed by atoms with Crippen LogP contribution >= 0.6 is 0 Å². The normalized spacial score (nSPS) is 15.4. The summed E-state index contributed by atoms with van der Waals surface area (Å²) >= 11 is 0. The standard InChI is InChI=1S/C19H21NO3/c1-22-16-11-6-10-15(17(16)23-2)18(21)20-19(12-7-13-19)14-8-4-3-5-9-14/h3-6,8-11H,7,12-13H2,1-2H3,(H,20,21). The summed E-state index contributed by atoms with van der Waals surface area (Å²) in [5.41, 5.74) is 1.38. The third kappa shape index (κ3) is 2.77. The van der Waals surface area contributed by atoms with Crippen LogP contribution in [-0.2, 0) is 5.54 Å². The van der Waals surface area contributed by atoms with Crippen molar-refractivity contribution in [2.45, 2.75) is 24.8 Å². The molecule has 3 rings (SSSR count). The number of methoxy groups -OCH3 is 2. The van der Waals surface area contributed by atoms with E-state index in [1.54, 1.807) is 32.4 Å². The van der Waals surface area contributed by atoms with Crippen LogP contribution in [0.15, 0.2) is 48.5 Å². The van der Waals surface area contributed by atoms with E-state index in [0.717, 1.165) is 24.8 Å². The summed E-state index contributed by atoms with van der Waals surface area (Å²) in [7, 11) is 3.11. The zero-order valence-electron chi connectivity index (χ0n) is 13.5. The van der Waals surface area contributed by atoms with Crippen LogP contribution in [0.1, 0.15) is 35.2 Å². The third-order valence-electron chi connectivity index (χ3n) is 4.53. The number of amides is 1. The molecule has 0 atom stereocenters. The number of hydrogen-bond acceptors (Lipinski definition) is 3. The Bertz CT molecular complexity index is 693. The Labute approximate surface area is 136 Å². The zero-order valence-corrected chi connectivity index (χ0v) is 13.5. The fraction of sp³-hybridized carbons (Fsp3) is 0.316. The Morgan fingerprint density at radius 3 is 2.30 bits per heavy atom. The molecule has 120 valence electrons. The molecule has 1 fully saturated rings. The molecule has 0 unspecified atom stereocenters. The fourth-order valence-corrected chi connectivity index (χ4v) is 3.12. The molecular formula is C19H21NO3. The molecule has 23 heavy (non-hydrogen) atoms. The first-order valence-electron chi connectivity index (χ1n) is 7.79. The average Bonchev–Trinajstić information content (AvgIpc) is 2.57. The van der Waals surface area contributed by atoms with Crippen LogP contribution in [0.2, 0.25) is 0 Å². The quantitative estimate of drug-likeness (QED) is 0.919. The number of rotatable bonds is 5. The number of hydrogen-bond donors (Lipinski definition) is 1. The second kappa shape index (κ2) is 6.32. The summed E-state index contributed by atoms with van der Waals surface area (Å²) in [5.74, 6) is 0.891. The van der Waals surface area contributed by atoms with E-state index >= 15 is 0 Å². The first-order valence-corrected chi connectivity index (χ1v) is 7.79. The Morgan fingerprint density at radius 2 is 1.74 bits per heavy atom. The number of para-hydroxylation sites is 1. The first kappa shape index (κ1) is 15.4.